The van der Waals surface area contributed by atoms with Crippen molar-refractivity contribution in [2.75, 3.05) is 6.54 Å². The van der Waals surface area contributed by atoms with Gasteiger partial charge in [0.05, 0.1) is 12.0 Å². The maximum absolute atomic E-state index is 11.9. The van der Waals surface area contributed by atoms with Crippen molar-refractivity contribution in [2.24, 2.45) is 5.92 Å². The van der Waals surface area contributed by atoms with Crippen LogP contribution in [0.1, 0.15) is 36.9 Å². The van der Waals surface area contributed by atoms with Crippen molar-refractivity contribution in [3.63, 3.8) is 0 Å². The largest absolute Gasteiger partial charge is 0.461 e. The lowest BCUT2D eigenvalue weighted by Gasteiger charge is -2.46. The predicted molar refractivity (Wildman–Crippen MR) is 71.7 cm³/mol. The number of carbonyl (C=O) groups excluding carboxylic acids is 1. The lowest BCUT2D eigenvalue weighted by Crippen LogP contribution is -2.52. The number of nitrogens with zero attached hydrogens (tertiary/aromatic N) is 1. The zero-order valence-corrected chi connectivity index (χ0v) is 11.2. The van der Waals surface area contributed by atoms with Gasteiger partial charge in [-0.05, 0) is 37.3 Å². The van der Waals surface area contributed by atoms with Crippen LogP contribution in [0.3, 0.4) is 0 Å². The first-order valence-corrected chi connectivity index (χ1v) is 7.30. The summed E-state index contributed by atoms with van der Waals surface area (Å²) in [5.74, 6) is 0.131. The number of rotatable bonds is 0. The van der Waals surface area contributed by atoms with Gasteiger partial charge in [-0.25, -0.2) is 0 Å². The molecule has 1 aromatic carbocycles. The molecule has 0 aromatic heterocycles. The van der Waals surface area contributed by atoms with Crippen LogP contribution in [0.15, 0.2) is 24.3 Å². The third-order valence-corrected chi connectivity index (χ3v) is 5.09. The Labute approximate surface area is 113 Å². The Morgan fingerprint density at radius 3 is 3.00 bits per heavy atom. The first kappa shape index (κ1) is 11.5. The quantitative estimate of drug-likeness (QED) is 0.668. The molecule has 0 bridgehead atoms. The van der Waals surface area contributed by atoms with E-state index in [4.69, 9.17) is 4.74 Å². The van der Waals surface area contributed by atoms with Crippen LogP contribution >= 0.6 is 0 Å². The number of ether oxygens (including phenoxy) is 1. The molecule has 0 aliphatic carbocycles. The molecule has 4 atom stereocenters. The van der Waals surface area contributed by atoms with E-state index in [1.807, 2.05) is 6.92 Å². The molecule has 2 fully saturated rings. The first-order chi connectivity index (χ1) is 9.25. The molecule has 2 saturated heterocycles. The molecule has 0 spiro atoms. The van der Waals surface area contributed by atoms with Crippen molar-refractivity contribution in [1.82, 2.24) is 4.90 Å². The number of hydrogen-bond acceptors (Lipinski definition) is 3. The highest BCUT2D eigenvalue weighted by molar-refractivity contribution is 5.76. The van der Waals surface area contributed by atoms with Crippen molar-refractivity contribution in [1.29, 1.82) is 0 Å². The molecule has 100 valence electrons. The fourth-order valence-electron chi connectivity index (χ4n) is 4.28. The second-order valence-electron chi connectivity index (χ2n) is 6.02. The Morgan fingerprint density at radius 2 is 2.11 bits per heavy atom. The van der Waals surface area contributed by atoms with Gasteiger partial charge in [-0.2, -0.15) is 0 Å². The van der Waals surface area contributed by atoms with Crippen LogP contribution in [0.2, 0.25) is 0 Å². The molecule has 3 heteroatoms. The van der Waals surface area contributed by atoms with Crippen LogP contribution in [-0.2, 0) is 16.0 Å². The maximum atomic E-state index is 11.9. The number of hydrogen-bond donors (Lipinski definition) is 0. The first-order valence-electron chi connectivity index (χ1n) is 7.30. The lowest BCUT2D eigenvalue weighted by atomic mass is 9.79. The summed E-state index contributed by atoms with van der Waals surface area (Å²) in [4.78, 5) is 14.4. The second kappa shape index (κ2) is 4.07. The molecule has 4 rings (SSSR count). The third-order valence-electron chi connectivity index (χ3n) is 5.09. The zero-order valence-electron chi connectivity index (χ0n) is 11.2. The molecule has 3 nitrogen and oxygen atoms in total. The summed E-state index contributed by atoms with van der Waals surface area (Å²) < 4.78 is 5.46. The Kier molecular flexibility index (Phi) is 2.46. The third kappa shape index (κ3) is 1.57. The van der Waals surface area contributed by atoms with E-state index in [1.54, 1.807) is 0 Å². The number of cyclic esters (lactones) is 1. The Morgan fingerprint density at radius 1 is 1.26 bits per heavy atom. The van der Waals surface area contributed by atoms with Gasteiger partial charge in [-0.1, -0.05) is 24.3 Å². The number of esters is 1. The number of fused-ring (bicyclic) bond motifs is 5. The summed E-state index contributed by atoms with van der Waals surface area (Å²) in [7, 11) is 0. The van der Waals surface area contributed by atoms with E-state index in [0.29, 0.717) is 12.1 Å². The predicted octanol–water partition coefficient (Wildman–Crippen LogP) is 2.31. The molecule has 19 heavy (non-hydrogen) atoms. The SMILES string of the molecule is CC1OC(=O)C2CCC3c4ccccc4CCN3C12. The number of carbonyl (C=O) groups is 1. The Balaban J connectivity index is 1.72. The van der Waals surface area contributed by atoms with Gasteiger partial charge in [0, 0.05) is 12.6 Å². The normalized spacial score (nSPS) is 37.2. The van der Waals surface area contributed by atoms with Crippen molar-refractivity contribution < 1.29 is 9.53 Å². The minimum Gasteiger partial charge on any atom is -0.461 e. The van der Waals surface area contributed by atoms with Gasteiger partial charge in [-0.3, -0.25) is 9.69 Å². The van der Waals surface area contributed by atoms with E-state index in [0.717, 1.165) is 25.8 Å². The topological polar surface area (TPSA) is 29.5 Å². The molecular formula is C16H19NO2. The summed E-state index contributed by atoms with van der Waals surface area (Å²) in [5, 5.41) is 0. The Bertz CT molecular complexity index is 527. The van der Waals surface area contributed by atoms with Gasteiger partial charge < -0.3 is 4.74 Å². The zero-order chi connectivity index (χ0) is 13.0. The molecule has 0 amide bonds. The molecule has 3 aliphatic heterocycles. The van der Waals surface area contributed by atoms with Crippen LogP contribution in [0, 0.1) is 5.92 Å². The van der Waals surface area contributed by atoms with E-state index in [1.165, 1.54) is 11.1 Å². The molecule has 4 unspecified atom stereocenters. The molecule has 1 aromatic rings. The standard InChI is InChI=1S/C16H19NO2/c1-10-15-13(16(18)19-10)6-7-14-12-5-3-2-4-11(12)8-9-17(14)15/h2-5,10,13-15H,6-9H2,1H3. The highest BCUT2D eigenvalue weighted by Gasteiger charge is 2.51. The van der Waals surface area contributed by atoms with Gasteiger partial charge in [0.25, 0.3) is 0 Å². The van der Waals surface area contributed by atoms with Crippen LogP contribution in [-0.4, -0.2) is 29.6 Å². The van der Waals surface area contributed by atoms with Crippen molar-refractivity contribution in [2.45, 2.75) is 44.4 Å². The van der Waals surface area contributed by atoms with E-state index < -0.39 is 0 Å². The summed E-state index contributed by atoms with van der Waals surface area (Å²) in [6.45, 7) is 3.11. The number of benzene rings is 1. The fraction of sp³-hybridized carbons (Fsp3) is 0.562. The average molecular weight is 257 g/mol. The van der Waals surface area contributed by atoms with Crippen molar-refractivity contribution >= 4 is 5.97 Å². The van der Waals surface area contributed by atoms with Gasteiger partial charge in [0.2, 0.25) is 0 Å². The molecule has 0 saturated carbocycles. The molecule has 3 heterocycles. The molecule has 0 N–H and O–H groups in total. The summed E-state index contributed by atoms with van der Waals surface area (Å²) in [6, 6.07) is 9.55. The van der Waals surface area contributed by atoms with Gasteiger partial charge in [0.15, 0.2) is 0 Å². The Hall–Kier alpha value is -1.35. The van der Waals surface area contributed by atoms with Gasteiger partial charge >= 0.3 is 5.97 Å². The average Bonchev–Trinajstić information content (AvgIpc) is 2.74. The van der Waals surface area contributed by atoms with Crippen LogP contribution in [0.5, 0.6) is 0 Å². The summed E-state index contributed by atoms with van der Waals surface area (Å²) in [5.41, 5.74) is 2.96. The minimum atomic E-state index is 0.0230. The minimum absolute atomic E-state index is 0.0230. The monoisotopic (exact) mass is 257 g/mol. The molecule has 3 aliphatic rings. The van der Waals surface area contributed by atoms with Crippen LogP contribution < -0.4 is 0 Å². The van der Waals surface area contributed by atoms with Gasteiger partial charge in [0.1, 0.15) is 6.10 Å². The maximum Gasteiger partial charge on any atom is 0.310 e. The summed E-state index contributed by atoms with van der Waals surface area (Å²) >= 11 is 0. The highest BCUT2D eigenvalue weighted by Crippen LogP contribution is 2.45. The van der Waals surface area contributed by atoms with E-state index in [9.17, 15) is 4.79 Å². The lowest BCUT2D eigenvalue weighted by molar-refractivity contribution is -0.144. The van der Waals surface area contributed by atoms with Crippen LogP contribution in [0.4, 0.5) is 0 Å². The van der Waals surface area contributed by atoms with Gasteiger partial charge in [-0.15, -0.1) is 0 Å². The van der Waals surface area contributed by atoms with E-state index in [2.05, 4.69) is 29.2 Å². The van der Waals surface area contributed by atoms with Crippen molar-refractivity contribution in [3.05, 3.63) is 35.4 Å². The highest BCUT2D eigenvalue weighted by atomic mass is 16.6. The van der Waals surface area contributed by atoms with E-state index >= 15 is 0 Å². The van der Waals surface area contributed by atoms with Crippen LogP contribution in [0.25, 0.3) is 0 Å². The number of piperidine rings is 1. The smallest absolute Gasteiger partial charge is 0.310 e. The summed E-state index contributed by atoms with van der Waals surface area (Å²) in [6.07, 6.45) is 3.20. The molecular weight excluding hydrogens is 238 g/mol. The second-order valence-corrected chi connectivity index (χ2v) is 6.02. The van der Waals surface area contributed by atoms with Crippen molar-refractivity contribution in [3.8, 4) is 0 Å². The van der Waals surface area contributed by atoms with E-state index in [-0.39, 0.29) is 18.0 Å². The fourth-order valence-corrected chi connectivity index (χ4v) is 4.28. The molecule has 0 radical (unpaired) electrons.